The second-order valence-electron chi connectivity index (χ2n) is 4.88. The second kappa shape index (κ2) is 9.07. The zero-order chi connectivity index (χ0) is 14.4. The van der Waals surface area contributed by atoms with Crippen molar-refractivity contribution in [3.8, 4) is 5.75 Å². The van der Waals surface area contributed by atoms with Crippen molar-refractivity contribution in [2.75, 3.05) is 26.2 Å². The molecule has 1 aromatic rings. The highest BCUT2D eigenvalue weighted by Gasteiger charge is 2.14. The van der Waals surface area contributed by atoms with Crippen molar-refractivity contribution in [3.05, 3.63) is 29.0 Å². The minimum absolute atomic E-state index is 0. The topological polar surface area (TPSA) is 50.4 Å². The smallest absolute Gasteiger partial charge is 0.257 e. The summed E-state index contributed by atoms with van der Waals surface area (Å²) in [6.45, 7) is 2.51. The van der Waals surface area contributed by atoms with Crippen LogP contribution in [-0.2, 0) is 4.79 Å². The molecule has 1 fully saturated rings. The molecule has 1 saturated heterocycles. The molecule has 21 heavy (non-hydrogen) atoms. The summed E-state index contributed by atoms with van der Waals surface area (Å²) in [6, 6.07) is 3.81. The van der Waals surface area contributed by atoms with Crippen LogP contribution in [0.2, 0.25) is 5.02 Å². The van der Waals surface area contributed by atoms with Crippen LogP contribution in [-0.4, -0.2) is 32.1 Å². The van der Waals surface area contributed by atoms with Gasteiger partial charge in [-0.2, -0.15) is 0 Å². The largest absolute Gasteiger partial charge is 0.482 e. The van der Waals surface area contributed by atoms with Crippen LogP contribution in [0.3, 0.4) is 0 Å². The molecule has 0 aliphatic carbocycles. The van der Waals surface area contributed by atoms with Crippen LogP contribution >= 0.6 is 24.0 Å². The van der Waals surface area contributed by atoms with Crippen molar-refractivity contribution in [1.82, 2.24) is 10.6 Å². The molecule has 0 saturated carbocycles. The monoisotopic (exact) mass is 336 g/mol. The maximum Gasteiger partial charge on any atom is 0.257 e. The lowest BCUT2D eigenvalue weighted by atomic mass is 10.00. The summed E-state index contributed by atoms with van der Waals surface area (Å²) < 4.78 is 18.1. The van der Waals surface area contributed by atoms with Gasteiger partial charge in [-0.25, -0.2) is 4.39 Å². The first-order valence-corrected chi connectivity index (χ1v) is 7.08. The summed E-state index contributed by atoms with van der Waals surface area (Å²) in [5.41, 5.74) is 0. The molecule has 1 aliphatic rings. The number of amides is 1. The summed E-state index contributed by atoms with van der Waals surface area (Å²) in [7, 11) is 0. The first-order chi connectivity index (χ1) is 9.65. The SMILES string of the molecule is Cl.O=C(COc1ccc(F)cc1Cl)NCC1CCCNC1. The molecule has 1 unspecified atom stereocenters. The molecule has 0 aromatic heterocycles. The average molecular weight is 337 g/mol. The normalized spacial score (nSPS) is 17.7. The minimum atomic E-state index is -0.434. The van der Waals surface area contributed by atoms with Crippen LogP contribution in [0.15, 0.2) is 18.2 Å². The number of carbonyl (C=O) groups is 1. The molecular formula is C14H19Cl2FN2O2. The van der Waals surface area contributed by atoms with Gasteiger partial charge in [0.25, 0.3) is 5.91 Å². The molecule has 2 rings (SSSR count). The fraction of sp³-hybridized carbons (Fsp3) is 0.500. The molecule has 4 nitrogen and oxygen atoms in total. The Labute approximate surface area is 134 Å². The minimum Gasteiger partial charge on any atom is -0.482 e. The molecule has 1 aromatic carbocycles. The molecule has 7 heteroatoms. The Balaban J connectivity index is 0.00000220. The fourth-order valence-corrected chi connectivity index (χ4v) is 2.36. The Morgan fingerprint density at radius 1 is 1.52 bits per heavy atom. The van der Waals surface area contributed by atoms with Gasteiger partial charge >= 0.3 is 0 Å². The molecular weight excluding hydrogens is 318 g/mol. The number of rotatable bonds is 5. The number of carbonyl (C=O) groups excluding carboxylic acids is 1. The van der Waals surface area contributed by atoms with Gasteiger partial charge in [-0.3, -0.25) is 4.79 Å². The van der Waals surface area contributed by atoms with E-state index >= 15 is 0 Å². The van der Waals surface area contributed by atoms with E-state index in [4.69, 9.17) is 16.3 Å². The van der Waals surface area contributed by atoms with Gasteiger partial charge in [-0.1, -0.05) is 11.6 Å². The van der Waals surface area contributed by atoms with Crippen molar-refractivity contribution < 1.29 is 13.9 Å². The summed E-state index contributed by atoms with van der Waals surface area (Å²) >= 11 is 5.81. The van der Waals surface area contributed by atoms with Gasteiger partial charge in [-0.15, -0.1) is 12.4 Å². The molecule has 2 N–H and O–H groups in total. The Hall–Kier alpha value is -1.04. The third kappa shape index (κ3) is 6.08. The lowest BCUT2D eigenvalue weighted by Crippen LogP contribution is -2.39. The van der Waals surface area contributed by atoms with E-state index in [0.717, 1.165) is 32.0 Å². The summed E-state index contributed by atoms with van der Waals surface area (Å²) in [6.07, 6.45) is 2.26. The molecule has 0 spiro atoms. The maximum absolute atomic E-state index is 12.8. The van der Waals surface area contributed by atoms with Crippen LogP contribution in [0.4, 0.5) is 4.39 Å². The van der Waals surface area contributed by atoms with Crippen molar-refractivity contribution in [3.63, 3.8) is 0 Å². The Morgan fingerprint density at radius 3 is 3.00 bits per heavy atom. The van der Waals surface area contributed by atoms with Crippen molar-refractivity contribution in [2.24, 2.45) is 5.92 Å². The van der Waals surface area contributed by atoms with Crippen molar-refractivity contribution >= 4 is 29.9 Å². The first-order valence-electron chi connectivity index (χ1n) is 6.70. The molecule has 1 heterocycles. The number of ether oxygens (including phenoxy) is 1. The number of hydrogen-bond donors (Lipinski definition) is 2. The number of hydrogen-bond acceptors (Lipinski definition) is 3. The van der Waals surface area contributed by atoms with Crippen LogP contribution in [0.1, 0.15) is 12.8 Å². The van der Waals surface area contributed by atoms with Crippen LogP contribution in [0, 0.1) is 11.7 Å². The van der Waals surface area contributed by atoms with Crippen LogP contribution < -0.4 is 15.4 Å². The quantitative estimate of drug-likeness (QED) is 0.868. The van der Waals surface area contributed by atoms with E-state index in [1.807, 2.05) is 0 Å². The first kappa shape index (κ1) is 18.0. The highest BCUT2D eigenvalue weighted by molar-refractivity contribution is 6.32. The molecule has 1 aliphatic heterocycles. The molecule has 118 valence electrons. The van der Waals surface area contributed by atoms with E-state index in [2.05, 4.69) is 10.6 Å². The summed E-state index contributed by atoms with van der Waals surface area (Å²) in [4.78, 5) is 11.7. The number of benzene rings is 1. The molecule has 1 atom stereocenters. The molecule has 0 bridgehead atoms. The van der Waals surface area contributed by atoms with E-state index in [0.29, 0.717) is 18.2 Å². The Morgan fingerprint density at radius 2 is 2.33 bits per heavy atom. The van der Waals surface area contributed by atoms with Gasteiger partial charge in [0.2, 0.25) is 0 Å². The van der Waals surface area contributed by atoms with E-state index in [9.17, 15) is 9.18 Å². The zero-order valence-electron chi connectivity index (χ0n) is 11.5. The molecule has 0 radical (unpaired) electrons. The lowest BCUT2D eigenvalue weighted by molar-refractivity contribution is -0.123. The van der Waals surface area contributed by atoms with Gasteiger partial charge in [0.05, 0.1) is 5.02 Å². The van der Waals surface area contributed by atoms with E-state index in [-0.39, 0.29) is 29.9 Å². The van der Waals surface area contributed by atoms with Gasteiger partial charge in [-0.05, 0) is 50.0 Å². The molecule has 1 amide bonds. The van der Waals surface area contributed by atoms with Gasteiger partial charge in [0.1, 0.15) is 11.6 Å². The predicted molar refractivity (Wildman–Crippen MR) is 82.8 cm³/mol. The number of nitrogens with one attached hydrogen (secondary N) is 2. The van der Waals surface area contributed by atoms with Crippen LogP contribution in [0.25, 0.3) is 0 Å². The Bertz CT molecular complexity index is 468. The highest BCUT2D eigenvalue weighted by Crippen LogP contribution is 2.24. The fourth-order valence-electron chi connectivity index (χ4n) is 2.14. The number of halogens is 3. The van der Waals surface area contributed by atoms with Gasteiger partial charge in [0.15, 0.2) is 6.61 Å². The van der Waals surface area contributed by atoms with Gasteiger partial charge in [0, 0.05) is 6.54 Å². The number of piperidine rings is 1. The second-order valence-corrected chi connectivity index (χ2v) is 5.29. The van der Waals surface area contributed by atoms with E-state index in [1.54, 1.807) is 0 Å². The van der Waals surface area contributed by atoms with Gasteiger partial charge < -0.3 is 15.4 Å². The maximum atomic E-state index is 12.8. The van der Waals surface area contributed by atoms with Crippen LogP contribution in [0.5, 0.6) is 5.75 Å². The third-order valence-electron chi connectivity index (χ3n) is 3.24. The lowest BCUT2D eigenvalue weighted by Gasteiger charge is -2.22. The Kier molecular flexibility index (Phi) is 7.78. The average Bonchev–Trinajstić information content (AvgIpc) is 2.45. The predicted octanol–water partition coefficient (Wildman–Crippen LogP) is 2.40. The van der Waals surface area contributed by atoms with E-state index < -0.39 is 5.82 Å². The van der Waals surface area contributed by atoms with E-state index in [1.165, 1.54) is 12.1 Å². The summed E-state index contributed by atoms with van der Waals surface area (Å²) in [5.74, 6) is 0.150. The third-order valence-corrected chi connectivity index (χ3v) is 3.53. The standard InChI is InChI=1S/C14H18ClFN2O2.ClH/c15-12-6-11(16)3-4-13(12)20-9-14(19)18-8-10-2-1-5-17-7-10;/h3-4,6,10,17H,1-2,5,7-9H2,(H,18,19);1H. The highest BCUT2D eigenvalue weighted by atomic mass is 35.5. The van der Waals surface area contributed by atoms with Crippen molar-refractivity contribution in [2.45, 2.75) is 12.8 Å². The van der Waals surface area contributed by atoms with Crippen molar-refractivity contribution in [1.29, 1.82) is 0 Å². The summed E-state index contributed by atoms with van der Waals surface area (Å²) in [5, 5.41) is 6.29. The zero-order valence-corrected chi connectivity index (χ0v) is 13.1.